The lowest BCUT2D eigenvalue weighted by Crippen LogP contribution is -2.43. The molecule has 0 bridgehead atoms. The number of carbonyl (C=O) groups is 1. The third-order valence-corrected chi connectivity index (χ3v) is 4.92. The van der Waals surface area contributed by atoms with E-state index in [2.05, 4.69) is 20.9 Å². The summed E-state index contributed by atoms with van der Waals surface area (Å²) in [7, 11) is -3.27. The minimum Gasteiger partial charge on any atom is -0.357 e. The van der Waals surface area contributed by atoms with Crippen molar-refractivity contribution in [3.05, 3.63) is 71.0 Å². The maximum atomic E-state index is 13.6. The van der Waals surface area contributed by atoms with Gasteiger partial charge >= 0.3 is 0 Å². The van der Waals surface area contributed by atoms with Crippen molar-refractivity contribution in [3.8, 4) is 0 Å². The van der Waals surface area contributed by atoms with Crippen molar-refractivity contribution in [2.75, 3.05) is 19.3 Å². The van der Waals surface area contributed by atoms with Gasteiger partial charge in [-0.05, 0) is 35.7 Å². The van der Waals surface area contributed by atoms with E-state index in [4.69, 9.17) is 0 Å². The highest BCUT2D eigenvalue weighted by molar-refractivity contribution is 14.0. The molecule has 0 aromatic heterocycles. The van der Waals surface area contributed by atoms with Gasteiger partial charge in [-0.3, -0.25) is 4.79 Å². The Morgan fingerprint density at radius 3 is 2.39 bits per heavy atom. The summed E-state index contributed by atoms with van der Waals surface area (Å²) in [5, 5.41) is 8.75. The molecule has 0 aliphatic heterocycles. The van der Waals surface area contributed by atoms with Crippen LogP contribution in [0.4, 0.5) is 4.39 Å². The number of carbonyl (C=O) groups excluding carboxylic acids is 1. The number of rotatable bonds is 9. The number of hydrogen-bond donors (Lipinski definition) is 3. The zero-order chi connectivity index (χ0) is 22.0. The van der Waals surface area contributed by atoms with E-state index < -0.39 is 15.7 Å². The van der Waals surface area contributed by atoms with Crippen LogP contribution in [0.1, 0.15) is 23.6 Å². The molecule has 170 valence electrons. The fourth-order valence-corrected chi connectivity index (χ4v) is 3.54. The van der Waals surface area contributed by atoms with Crippen LogP contribution in [-0.2, 0) is 33.5 Å². The maximum absolute atomic E-state index is 13.6. The molecule has 3 N–H and O–H groups in total. The van der Waals surface area contributed by atoms with Crippen molar-refractivity contribution in [2.24, 2.45) is 4.99 Å². The van der Waals surface area contributed by atoms with Crippen LogP contribution in [0.2, 0.25) is 0 Å². The van der Waals surface area contributed by atoms with Gasteiger partial charge in [0.25, 0.3) is 0 Å². The lowest BCUT2D eigenvalue weighted by atomic mass is 10.1. The van der Waals surface area contributed by atoms with Crippen molar-refractivity contribution < 1.29 is 17.6 Å². The van der Waals surface area contributed by atoms with E-state index in [1.807, 2.05) is 37.3 Å². The molecule has 0 unspecified atom stereocenters. The van der Waals surface area contributed by atoms with E-state index in [9.17, 15) is 17.6 Å². The van der Waals surface area contributed by atoms with Crippen LogP contribution < -0.4 is 16.0 Å². The molecule has 0 saturated heterocycles. The van der Waals surface area contributed by atoms with Crippen LogP contribution in [-0.4, -0.2) is 39.6 Å². The molecule has 0 fully saturated rings. The topological polar surface area (TPSA) is 99.7 Å². The summed E-state index contributed by atoms with van der Waals surface area (Å²) in [4.78, 5) is 16.4. The zero-order valence-corrected chi connectivity index (χ0v) is 20.7. The highest BCUT2D eigenvalue weighted by Gasteiger charge is 2.11. The van der Waals surface area contributed by atoms with Gasteiger partial charge < -0.3 is 16.0 Å². The molecule has 10 heteroatoms. The van der Waals surface area contributed by atoms with Gasteiger partial charge in [0.1, 0.15) is 5.82 Å². The average molecular weight is 562 g/mol. The predicted molar refractivity (Wildman–Crippen MR) is 131 cm³/mol. The van der Waals surface area contributed by atoms with E-state index in [1.54, 1.807) is 0 Å². The van der Waals surface area contributed by atoms with E-state index >= 15 is 0 Å². The van der Waals surface area contributed by atoms with E-state index in [0.29, 0.717) is 30.2 Å². The van der Waals surface area contributed by atoms with Gasteiger partial charge in [0.15, 0.2) is 15.8 Å². The standard InChI is InChI=1S/C21H27FN4O3S.HI/c1-3-23-21(26-14-20(27)24-12-16-7-5-4-6-8-16)25-13-18-11-19(22)10-9-17(18)15-30(2,28)29;/h4-11H,3,12-15H2,1-2H3,(H,24,27)(H2,23,25,26);1H. The third-order valence-electron chi connectivity index (χ3n) is 4.09. The van der Waals surface area contributed by atoms with Gasteiger partial charge in [-0.2, -0.15) is 0 Å². The van der Waals surface area contributed by atoms with Crippen LogP contribution in [0.15, 0.2) is 53.5 Å². The van der Waals surface area contributed by atoms with Gasteiger partial charge in [-0.15, -0.1) is 24.0 Å². The predicted octanol–water partition coefficient (Wildman–Crippen LogP) is 2.36. The second-order valence-corrected chi connectivity index (χ2v) is 8.93. The second-order valence-electron chi connectivity index (χ2n) is 6.79. The molecular formula is C21H28FIN4O3S. The molecule has 0 aliphatic rings. The lowest BCUT2D eigenvalue weighted by Gasteiger charge is -2.13. The first-order valence-electron chi connectivity index (χ1n) is 9.54. The highest BCUT2D eigenvalue weighted by Crippen LogP contribution is 2.15. The molecule has 2 aromatic carbocycles. The van der Waals surface area contributed by atoms with Gasteiger partial charge in [-0.1, -0.05) is 36.4 Å². The number of halogens is 2. The Labute approximate surface area is 199 Å². The Balaban J connectivity index is 0.00000480. The Kier molecular flexibility index (Phi) is 11.5. The Hall–Kier alpha value is -2.21. The molecule has 0 aliphatic carbocycles. The first-order valence-corrected chi connectivity index (χ1v) is 11.6. The fourth-order valence-electron chi connectivity index (χ4n) is 2.69. The fraction of sp³-hybridized carbons (Fsp3) is 0.333. The molecule has 0 heterocycles. The number of guanidine groups is 1. The molecule has 2 rings (SSSR count). The number of aliphatic imine (C=N–C) groups is 1. The Bertz CT molecular complexity index is 985. The van der Waals surface area contributed by atoms with Crippen LogP contribution in [0.25, 0.3) is 0 Å². The number of sulfone groups is 1. The van der Waals surface area contributed by atoms with Gasteiger partial charge in [-0.25, -0.2) is 17.8 Å². The van der Waals surface area contributed by atoms with Crippen molar-refractivity contribution in [1.82, 2.24) is 16.0 Å². The van der Waals surface area contributed by atoms with Crippen LogP contribution in [0.5, 0.6) is 0 Å². The third kappa shape index (κ3) is 10.6. The summed E-state index contributed by atoms with van der Waals surface area (Å²) in [6, 6.07) is 13.5. The molecule has 7 nitrogen and oxygen atoms in total. The zero-order valence-electron chi connectivity index (χ0n) is 17.5. The summed E-state index contributed by atoms with van der Waals surface area (Å²) in [5.41, 5.74) is 1.97. The molecule has 2 aromatic rings. The average Bonchev–Trinajstić information content (AvgIpc) is 2.70. The summed E-state index contributed by atoms with van der Waals surface area (Å²) in [6.45, 7) is 2.95. The number of nitrogens with zero attached hydrogens (tertiary/aromatic N) is 1. The SMILES string of the molecule is CCNC(=NCc1cc(F)ccc1CS(C)(=O)=O)NCC(=O)NCc1ccccc1.I. The maximum Gasteiger partial charge on any atom is 0.239 e. The van der Waals surface area contributed by atoms with Crippen molar-refractivity contribution in [1.29, 1.82) is 0 Å². The van der Waals surface area contributed by atoms with Gasteiger partial charge in [0, 0.05) is 19.3 Å². The molecular weight excluding hydrogens is 534 g/mol. The number of hydrogen-bond acceptors (Lipinski definition) is 4. The number of benzene rings is 2. The highest BCUT2D eigenvalue weighted by atomic mass is 127. The smallest absolute Gasteiger partial charge is 0.239 e. The molecule has 0 saturated carbocycles. The van der Waals surface area contributed by atoms with Crippen molar-refractivity contribution >= 4 is 45.7 Å². The molecule has 0 radical (unpaired) electrons. The lowest BCUT2D eigenvalue weighted by molar-refractivity contribution is -0.120. The van der Waals surface area contributed by atoms with E-state index in [0.717, 1.165) is 11.8 Å². The number of amides is 1. The normalized spacial score (nSPS) is 11.4. The number of nitrogens with one attached hydrogen (secondary N) is 3. The second kappa shape index (κ2) is 13.3. The Morgan fingerprint density at radius 1 is 1.03 bits per heavy atom. The van der Waals surface area contributed by atoms with Crippen LogP contribution in [0, 0.1) is 5.82 Å². The molecule has 0 atom stereocenters. The van der Waals surface area contributed by atoms with Gasteiger partial charge in [0.2, 0.25) is 5.91 Å². The van der Waals surface area contributed by atoms with E-state index in [1.165, 1.54) is 18.2 Å². The summed E-state index contributed by atoms with van der Waals surface area (Å²) in [5.74, 6) is -0.477. The minimum absolute atomic E-state index is 0. The first-order chi connectivity index (χ1) is 14.3. The first kappa shape index (κ1) is 26.8. The van der Waals surface area contributed by atoms with Crippen molar-refractivity contribution in [2.45, 2.75) is 25.8 Å². The van der Waals surface area contributed by atoms with Crippen LogP contribution >= 0.6 is 24.0 Å². The minimum atomic E-state index is -3.27. The summed E-state index contributed by atoms with van der Waals surface area (Å²) >= 11 is 0. The Morgan fingerprint density at radius 2 is 1.74 bits per heavy atom. The van der Waals surface area contributed by atoms with Crippen LogP contribution in [0.3, 0.4) is 0 Å². The molecule has 0 spiro atoms. The molecule has 1 amide bonds. The quantitative estimate of drug-likeness (QED) is 0.248. The largest absolute Gasteiger partial charge is 0.357 e. The monoisotopic (exact) mass is 562 g/mol. The summed E-state index contributed by atoms with van der Waals surface area (Å²) in [6.07, 6.45) is 1.13. The van der Waals surface area contributed by atoms with Gasteiger partial charge in [0.05, 0.1) is 18.8 Å². The van der Waals surface area contributed by atoms with E-state index in [-0.39, 0.29) is 48.7 Å². The van der Waals surface area contributed by atoms with Crippen molar-refractivity contribution in [3.63, 3.8) is 0 Å². The summed E-state index contributed by atoms with van der Waals surface area (Å²) < 4.78 is 36.9. The molecule has 31 heavy (non-hydrogen) atoms.